The van der Waals surface area contributed by atoms with Gasteiger partial charge >= 0.3 is 0 Å². The summed E-state index contributed by atoms with van der Waals surface area (Å²) in [6.45, 7) is 0. The highest BCUT2D eigenvalue weighted by Crippen LogP contribution is 2.17. The van der Waals surface area contributed by atoms with Gasteiger partial charge in [0, 0.05) is 17.8 Å². The van der Waals surface area contributed by atoms with Crippen LogP contribution in [0.3, 0.4) is 0 Å². The number of nitrogens with one attached hydrogen (secondary N) is 2. The van der Waals surface area contributed by atoms with Crippen molar-refractivity contribution < 1.29 is 4.92 Å². The van der Waals surface area contributed by atoms with E-state index in [1.54, 1.807) is 36.4 Å². The number of nitrogens with zero attached hydrogens (tertiary/aromatic N) is 2. The van der Waals surface area contributed by atoms with E-state index in [-0.39, 0.29) is 5.69 Å². The summed E-state index contributed by atoms with van der Waals surface area (Å²) in [7, 11) is 0. The van der Waals surface area contributed by atoms with Crippen LogP contribution in [0.25, 0.3) is 0 Å². The van der Waals surface area contributed by atoms with Crippen LogP contribution in [0.15, 0.2) is 48.5 Å². The molecule has 0 aliphatic rings. The highest BCUT2D eigenvalue weighted by Gasteiger charge is 2.06. The molecule has 2 aromatic rings. The molecule has 0 spiro atoms. The number of anilines is 2. The van der Waals surface area contributed by atoms with E-state index in [1.807, 2.05) is 0 Å². The lowest BCUT2D eigenvalue weighted by atomic mass is 10.2. The van der Waals surface area contributed by atoms with Crippen molar-refractivity contribution in [1.82, 2.24) is 0 Å². The second-order valence-corrected chi connectivity index (χ2v) is 4.45. The van der Waals surface area contributed by atoms with Crippen LogP contribution in [-0.4, -0.2) is 10.0 Å². The van der Waals surface area contributed by atoms with Crippen LogP contribution < -0.4 is 10.6 Å². The van der Waals surface area contributed by atoms with Crippen molar-refractivity contribution in [2.45, 2.75) is 0 Å². The normalized spacial score (nSPS) is 9.48. The summed E-state index contributed by atoms with van der Waals surface area (Å²) in [5.74, 6) is 0. The Balaban J connectivity index is 2.05. The van der Waals surface area contributed by atoms with Gasteiger partial charge in [0.05, 0.1) is 16.2 Å². The molecule has 0 saturated carbocycles. The van der Waals surface area contributed by atoms with E-state index >= 15 is 0 Å². The Morgan fingerprint density at radius 1 is 1.14 bits per heavy atom. The fourth-order valence-electron chi connectivity index (χ4n) is 1.64. The first-order valence-corrected chi connectivity index (χ1v) is 6.32. The molecule has 104 valence electrons. The number of hydrogen-bond acceptors (Lipinski definition) is 4. The molecule has 2 rings (SSSR count). The first-order chi connectivity index (χ1) is 10.1. The number of benzene rings is 2. The Morgan fingerprint density at radius 3 is 2.43 bits per heavy atom. The zero-order valence-corrected chi connectivity index (χ0v) is 11.6. The summed E-state index contributed by atoms with van der Waals surface area (Å²) in [5, 5.41) is 25.7. The van der Waals surface area contributed by atoms with E-state index in [2.05, 4.69) is 16.7 Å². The third-order valence-corrected chi connectivity index (χ3v) is 2.84. The molecule has 0 amide bonds. The lowest BCUT2D eigenvalue weighted by Gasteiger charge is -2.11. The molecule has 0 aromatic heterocycles. The molecule has 0 radical (unpaired) electrons. The standard InChI is InChI=1S/C14H10N4O2S/c15-9-10-3-1-2-4-13(10)17-14(21)16-11-5-7-12(8-6-11)18(19)20/h1-8H,(H2,16,17,21). The number of nitro benzene ring substituents is 1. The Bertz CT molecular complexity index is 722. The maximum Gasteiger partial charge on any atom is 0.269 e. The molecule has 0 fully saturated rings. The van der Waals surface area contributed by atoms with Crippen molar-refractivity contribution in [3.8, 4) is 6.07 Å². The summed E-state index contributed by atoms with van der Waals surface area (Å²) in [4.78, 5) is 10.1. The second-order valence-electron chi connectivity index (χ2n) is 4.04. The SMILES string of the molecule is N#Cc1ccccc1NC(=S)Nc1ccc([N+](=O)[O-])cc1. The first-order valence-electron chi connectivity index (χ1n) is 5.92. The molecule has 0 atom stereocenters. The molecule has 2 N–H and O–H groups in total. The van der Waals surface area contributed by atoms with E-state index < -0.39 is 4.92 Å². The van der Waals surface area contributed by atoms with Crippen LogP contribution in [0.5, 0.6) is 0 Å². The van der Waals surface area contributed by atoms with E-state index in [1.165, 1.54) is 12.1 Å². The maximum absolute atomic E-state index is 10.6. The topological polar surface area (TPSA) is 91.0 Å². The predicted octanol–water partition coefficient (Wildman–Crippen LogP) is 3.28. The van der Waals surface area contributed by atoms with Crippen molar-refractivity contribution in [2.24, 2.45) is 0 Å². The highest BCUT2D eigenvalue weighted by molar-refractivity contribution is 7.80. The minimum absolute atomic E-state index is 0.00857. The summed E-state index contributed by atoms with van der Waals surface area (Å²) in [5.41, 5.74) is 1.70. The lowest BCUT2D eigenvalue weighted by molar-refractivity contribution is -0.384. The van der Waals surface area contributed by atoms with Gasteiger partial charge in [-0.1, -0.05) is 12.1 Å². The van der Waals surface area contributed by atoms with Crippen LogP contribution in [0.4, 0.5) is 17.1 Å². The zero-order valence-electron chi connectivity index (χ0n) is 10.7. The Kier molecular flexibility index (Phi) is 4.43. The Hall–Kier alpha value is -2.98. The average Bonchev–Trinajstić information content (AvgIpc) is 2.48. The van der Waals surface area contributed by atoms with E-state index in [0.717, 1.165) is 0 Å². The number of nitriles is 1. The summed E-state index contributed by atoms with van der Waals surface area (Å²) in [6, 6.07) is 14.9. The Morgan fingerprint density at radius 2 is 1.81 bits per heavy atom. The van der Waals surface area contributed by atoms with E-state index in [0.29, 0.717) is 22.1 Å². The quantitative estimate of drug-likeness (QED) is 0.513. The molecule has 0 heterocycles. The van der Waals surface area contributed by atoms with Gasteiger partial charge in [-0.15, -0.1) is 0 Å². The molecular formula is C14H10N4O2S. The largest absolute Gasteiger partial charge is 0.332 e. The van der Waals surface area contributed by atoms with E-state index in [9.17, 15) is 10.1 Å². The van der Waals surface area contributed by atoms with Crippen LogP contribution in [-0.2, 0) is 0 Å². The van der Waals surface area contributed by atoms with Gasteiger partial charge in [0.2, 0.25) is 0 Å². The monoisotopic (exact) mass is 298 g/mol. The summed E-state index contributed by atoms with van der Waals surface area (Å²) < 4.78 is 0. The lowest BCUT2D eigenvalue weighted by Crippen LogP contribution is -2.19. The van der Waals surface area contributed by atoms with E-state index in [4.69, 9.17) is 17.5 Å². The molecule has 0 saturated heterocycles. The van der Waals surface area contributed by atoms with Crippen LogP contribution in [0.2, 0.25) is 0 Å². The molecular weight excluding hydrogens is 288 g/mol. The van der Waals surface area contributed by atoms with Gasteiger partial charge in [0.15, 0.2) is 5.11 Å². The van der Waals surface area contributed by atoms with Gasteiger partial charge < -0.3 is 10.6 Å². The highest BCUT2D eigenvalue weighted by atomic mass is 32.1. The molecule has 2 aromatic carbocycles. The van der Waals surface area contributed by atoms with Crippen molar-refractivity contribution in [3.05, 3.63) is 64.2 Å². The van der Waals surface area contributed by atoms with Crippen molar-refractivity contribution in [2.75, 3.05) is 10.6 Å². The fraction of sp³-hybridized carbons (Fsp3) is 0. The predicted molar refractivity (Wildman–Crippen MR) is 84.1 cm³/mol. The van der Waals surface area contributed by atoms with Crippen LogP contribution >= 0.6 is 12.2 Å². The van der Waals surface area contributed by atoms with Gasteiger partial charge in [-0.25, -0.2) is 0 Å². The first kappa shape index (κ1) is 14.4. The zero-order chi connectivity index (χ0) is 15.2. The number of rotatable bonds is 3. The van der Waals surface area contributed by atoms with Gasteiger partial charge in [-0.05, 0) is 36.5 Å². The van der Waals surface area contributed by atoms with Gasteiger partial charge in [-0.2, -0.15) is 5.26 Å². The van der Waals surface area contributed by atoms with Crippen molar-refractivity contribution >= 4 is 34.4 Å². The number of nitro groups is 1. The number of para-hydroxylation sites is 1. The summed E-state index contributed by atoms with van der Waals surface area (Å²) >= 11 is 5.14. The van der Waals surface area contributed by atoms with Gasteiger partial charge in [0.25, 0.3) is 5.69 Å². The van der Waals surface area contributed by atoms with Gasteiger partial charge in [0.1, 0.15) is 6.07 Å². The average molecular weight is 298 g/mol. The number of hydrogen-bond donors (Lipinski definition) is 2. The molecule has 0 unspecified atom stereocenters. The molecule has 7 heteroatoms. The summed E-state index contributed by atoms with van der Waals surface area (Å²) in [6.07, 6.45) is 0. The second kappa shape index (κ2) is 6.45. The number of non-ortho nitro benzene ring substituents is 1. The molecule has 0 aliphatic heterocycles. The maximum atomic E-state index is 10.6. The smallest absolute Gasteiger partial charge is 0.269 e. The molecule has 0 bridgehead atoms. The van der Waals surface area contributed by atoms with Gasteiger partial charge in [-0.3, -0.25) is 10.1 Å². The molecule has 6 nitrogen and oxygen atoms in total. The number of thiocarbonyl (C=S) groups is 1. The van der Waals surface area contributed by atoms with Crippen molar-refractivity contribution in [3.63, 3.8) is 0 Å². The van der Waals surface area contributed by atoms with Crippen LogP contribution in [0, 0.1) is 21.4 Å². The fourth-order valence-corrected chi connectivity index (χ4v) is 1.87. The minimum Gasteiger partial charge on any atom is -0.332 e. The minimum atomic E-state index is -0.469. The van der Waals surface area contributed by atoms with Crippen LogP contribution in [0.1, 0.15) is 5.56 Å². The third-order valence-electron chi connectivity index (χ3n) is 2.63. The van der Waals surface area contributed by atoms with Crippen molar-refractivity contribution in [1.29, 1.82) is 5.26 Å². The third kappa shape index (κ3) is 3.75. The Labute approximate surface area is 126 Å². The molecule has 0 aliphatic carbocycles. The molecule has 21 heavy (non-hydrogen) atoms.